The van der Waals surface area contributed by atoms with E-state index in [0.29, 0.717) is 0 Å². The van der Waals surface area contributed by atoms with Gasteiger partial charge in [-0.05, 0) is 48.2 Å². The molecule has 2 rings (SSSR count). The molecule has 1 aromatic heterocycles. The average Bonchev–Trinajstić information content (AvgIpc) is 2.89. The molecule has 0 unspecified atom stereocenters. The molecule has 3 heteroatoms. The summed E-state index contributed by atoms with van der Waals surface area (Å²) >= 11 is 7.84. The molecular weight excluding hydrogens is 226 g/mol. The van der Waals surface area contributed by atoms with Crippen LogP contribution in [0.15, 0.2) is 16.8 Å². The highest BCUT2D eigenvalue weighted by atomic mass is 35.5. The number of alkyl halides is 1. The molecule has 0 aromatic carbocycles. The summed E-state index contributed by atoms with van der Waals surface area (Å²) in [4.78, 5) is 0. The van der Waals surface area contributed by atoms with Crippen LogP contribution in [-0.2, 0) is 6.42 Å². The molecule has 1 aliphatic rings. The molecule has 0 amide bonds. The van der Waals surface area contributed by atoms with Gasteiger partial charge in [0.2, 0.25) is 0 Å². The molecule has 1 nitrogen and oxygen atoms in total. The highest BCUT2D eigenvalue weighted by molar-refractivity contribution is 7.07. The normalized spacial score (nSPS) is 19.5. The predicted octanol–water partition coefficient (Wildman–Crippen LogP) is 3.43. The van der Waals surface area contributed by atoms with Gasteiger partial charge in [-0.3, -0.25) is 0 Å². The highest BCUT2D eigenvalue weighted by Crippen LogP contribution is 2.30. The molecule has 1 saturated carbocycles. The van der Waals surface area contributed by atoms with Crippen molar-refractivity contribution in [2.75, 3.05) is 12.4 Å². The van der Waals surface area contributed by atoms with Gasteiger partial charge in [0.15, 0.2) is 0 Å². The number of hydrogen-bond acceptors (Lipinski definition) is 2. The molecule has 1 N–H and O–H groups in total. The Morgan fingerprint density at radius 3 is 2.80 bits per heavy atom. The molecule has 1 fully saturated rings. The zero-order valence-corrected chi connectivity index (χ0v) is 10.5. The Bertz CT molecular complexity index is 278. The first-order valence-electron chi connectivity index (χ1n) is 5.67. The van der Waals surface area contributed by atoms with Crippen LogP contribution in [0.2, 0.25) is 0 Å². The number of halogens is 1. The van der Waals surface area contributed by atoms with Gasteiger partial charge in [-0.15, -0.1) is 11.6 Å². The Kier molecular flexibility index (Phi) is 4.06. The van der Waals surface area contributed by atoms with Gasteiger partial charge in [-0.2, -0.15) is 11.3 Å². The predicted molar refractivity (Wildman–Crippen MR) is 67.9 cm³/mol. The van der Waals surface area contributed by atoms with E-state index in [1.807, 2.05) is 0 Å². The van der Waals surface area contributed by atoms with E-state index in [1.54, 1.807) is 11.3 Å². The maximum Gasteiger partial charge on any atom is 0.0406 e. The second kappa shape index (κ2) is 5.33. The van der Waals surface area contributed by atoms with Gasteiger partial charge in [0.25, 0.3) is 0 Å². The van der Waals surface area contributed by atoms with Gasteiger partial charge in [-0.25, -0.2) is 0 Å². The summed E-state index contributed by atoms with van der Waals surface area (Å²) in [7, 11) is 0. The standard InChI is InChI=1S/C12H18ClNS/c13-10-12(5-1-2-6-12)14-7-3-11-4-8-15-9-11/h4,8-9,14H,1-3,5-7,10H2. The molecule has 84 valence electrons. The zero-order valence-electron chi connectivity index (χ0n) is 8.97. The third-order valence-electron chi connectivity index (χ3n) is 3.31. The molecule has 0 atom stereocenters. The van der Waals surface area contributed by atoms with Crippen LogP contribution >= 0.6 is 22.9 Å². The summed E-state index contributed by atoms with van der Waals surface area (Å²) in [6.45, 7) is 1.06. The molecule has 0 aliphatic heterocycles. The first kappa shape index (κ1) is 11.4. The Hall–Kier alpha value is -0.0500. The van der Waals surface area contributed by atoms with Crippen LogP contribution in [0, 0.1) is 0 Å². The number of rotatable bonds is 5. The topological polar surface area (TPSA) is 12.0 Å². The van der Waals surface area contributed by atoms with E-state index in [2.05, 4.69) is 22.1 Å². The maximum absolute atomic E-state index is 6.06. The molecule has 1 heterocycles. The van der Waals surface area contributed by atoms with E-state index < -0.39 is 0 Å². The second-order valence-electron chi connectivity index (χ2n) is 4.43. The Balaban J connectivity index is 1.77. The summed E-state index contributed by atoms with van der Waals surface area (Å²) in [5, 5.41) is 8.02. The molecular formula is C12H18ClNS. The first-order valence-corrected chi connectivity index (χ1v) is 7.14. The third kappa shape index (κ3) is 2.96. The summed E-state index contributed by atoms with van der Waals surface area (Å²) in [5.74, 6) is 0.761. The quantitative estimate of drug-likeness (QED) is 0.782. The van der Waals surface area contributed by atoms with E-state index in [4.69, 9.17) is 11.6 Å². The molecule has 0 saturated heterocycles. The van der Waals surface area contributed by atoms with E-state index in [1.165, 1.54) is 31.2 Å². The SMILES string of the molecule is ClCC1(NCCc2ccsc2)CCCC1. The van der Waals surface area contributed by atoms with Gasteiger partial charge in [0.05, 0.1) is 0 Å². The fraction of sp³-hybridized carbons (Fsp3) is 0.667. The lowest BCUT2D eigenvalue weighted by Gasteiger charge is -2.27. The number of nitrogens with one attached hydrogen (secondary N) is 1. The van der Waals surface area contributed by atoms with Crippen molar-refractivity contribution in [1.29, 1.82) is 0 Å². The number of hydrogen-bond donors (Lipinski definition) is 1. The monoisotopic (exact) mass is 243 g/mol. The van der Waals surface area contributed by atoms with Crippen LogP contribution in [0.5, 0.6) is 0 Å². The van der Waals surface area contributed by atoms with Crippen molar-refractivity contribution < 1.29 is 0 Å². The minimum absolute atomic E-state index is 0.248. The van der Waals surface area contributed by atoms with Crippen molar-refractivity contribution in [3.05, 3.63) is 22.4 Å². The van der Waals surface area contributed by atoms with Crippen LogP contribution in [0.4, 0.5) is 0 Å². The molecule has 1 aromatic rings. The fourth-order valence-electron chi connectivity index (χ4n) is 2.32. The van der Waals surface area contributed by atoms with E-state index in [9.17, 15) is 0 Å². The lowest BCUT2D eigenvalue weighted by atomic mass is 10.0. The summed E-state index contributed by atoms with van der Waals surface area (Å²) in [6.07, 6.45) is 6.29. The number of thiophene rings is 1. The molecule has 0 radical (unpaired) electrons. The largest absolute Gasteiger partial charge is 0.310 e. The minimum atomic E-state index is 0.248. The van der Waals surface area contributed by atoms with Gasteiger partial charge in [0.1, 0.15) is 0 Å². The van der Waals surface area contributed by atoms with Gasteiger partial charge in [0, 0.05) is 11.4 Å². The zero-order chi connectivity index (χ0) is 10.6. The van der Waals surface area contributed by atoms with Gasteiger partial charge < -0.3 is 5.32 Å². The summed E-state index contributed by atoms with van der Waals surface area (Å²) < 4.78 is 0. The Labute approximate surface area is 101 Å². The molecule has 15 heavy (non-hydrogen) atoms. The Morgan fingerprint density at radius 2 is 2.20 bits per heavy atom. The van der Waals surface area contributed by atoms with E-state index in [0.717, 1.165) is 18.8 Å². The first-order chi connectivity index (χ1) is 7.35. The van der Waals surface area contributed by atoms with Crippen LogP contribution in [0.25, 0.3) is 0 Å². The van der Waals surface area contributed by atoms with E-state index in [-0.39, 0.29) is 5.54 Å². The maximum atomic E-state index is 6.06. The van der Waals surface area contributed by atoms with Crippen molar-refractivity contribution in [2.45, 2.75) is 37.6 Å². The third-order valence-corrected chi connectivity index (χ3v) is 4.55. The minimum Gasteiger partial charge on any atom is -0.310 e. The molecule has 1 aliphatic carbocycles. The smallest absolute Gasteiger partial charge is 0.0406 e. The summed E-state index contributed by atoms with van der Waals surface area (Å²) in [6, 6.07) is 2.20. The molecule has 0 spiro atoms. The average molecular weight is 244 g/mol. The summed E-state index contributed by atoms with van der Waals surface area (Å²) in [5.41, 5.74) is 1.69. The molecule has 0 bridgehead atoms. The van der Waals surface area contributed by atoms with Crippen molar-refractivity contribution in [1.82, 2.24) is 5.32 Å². The Morgan fingerprint density at radius 1 is 1.40 bits per heavy atom. The second-order valence-corrected chi connectivity index (χ2v) is 5.48. The lowest BCUT2D eigenvalue weighted by molar-refractivity contribution is 0.373. The van der Waals surface area contributed by atoms with Crippen molar-refractivity contribution in [2.24, 2.45) is 0 Å². The van der Waals surface area contributed by atoms with E-state index >= 15 is 0 Å². The van der Waals surface area contributed by atoms with Crippen molar-refractivity contribution in [3.8, 4) is 0 Å². The highest BCUT2D eigenvalue weighted by Gasteiger charge is 2.31. The van der Waals surface area contributed by atoms with Crippen LogP contribution in [-0.4, -0.2) is 18.0 Å². The van der Waals surface area contributed by atoms with Crippen molar-refractivity contribution in [3.63, 3.8) is 0 Å². The fourth-order valence-corrected chi connectivity index (χ4v) is 3.38. The van der Waals surface area contributed by atoms with Crippen LogP contribution in [0.1, 0.15) is 31.2 Å². The van der Waals surface area contributed by atoms with Gasteiger partial charge in [-0.1, -0.05) is 12.8 Å². The lowest BCUT2D eigenvalue weighted by Crippen LogP contribution is -2.45. The van der Waals surface area contributed by atoms with Crippen molar-refractivity contribution >= 4 is 22.9 Å². The van der Waals surface area contributed by atoms with Gasteiger partial charge >= 0.3 is 0 Å². The van der Waals surface area contributed by atoms with Crippen LogP contribution in [0.3, 0.4) is 0 Å². The van der Waals surface area contributed by atoms with Crippen LogP contribution < -0.4 is 5.32 Å².